The monoisotopic (exact) mass is 432 g/mol. The highest BCUT2D eigenvalue weighted by atomic mass is 14.2. The SMILES string of the molecule is Cc1ccc2c(C)c3ccc4cc5c6c(C)cccc6c(C)c6ccc7cc(c2c1)c3c4c7c65. The molecule has 0 fully saturated rings. The molecule has 0 amide bonds. The maximum absolute atomic E-state index is 2.47. The fourth-order valence-corrected chi connectivity index (χ4v) is 6.90. The molecule has 0 atom stereocenters. The van der Waals surface area contributed by atoms with Crippen LogP contribution in [-0.4, -0.2) is 0 Å². The number of fused-ring (bicyclic) bond motifs is 4. The van der Waals surface area contributed by atoms with E-state index in [1.54, 1.807) is 0 Å². The lowest BCUT2D eigenvalue weighted by molar-refractivity contribution is 1.50. The van der Waals surface area contributed by atoms with Crippen LogP contribution < -0.4 is 0 Å². The molecule has 0 N–H and O–H groups in total. The van der Waals surface area contributed by atoms with Gasteiger partial charge in [-0.15, -0.1) is 0 Å². The smallest absolute Gasteiger partial charge is 0.00138 e. The van der Waals surface area contributed by atoms with Gasteiger partial charge < -0.3 is 0 Å². The van der Waals surface area contributed by atoms with Crippen LogP contribution in [0.5, 0.6) is 0 Å². The molecule has 0 aliphatic rings. The number of hydrogen-bond acceptors (Lipinski definition) is 0. The van der Waals surface area contributed by atoms with Gasteiger partial charge in [-0.3, -0.25) is 0 Å². The summed E-state index contributed by atoms with van der Waals surface area (Å²) in [7, 11) is 0. The molecule has 0 aliphatic carbocycles. The van der Waals surface area contributed by atoms with Crippen molar-refractivity contribution in [3.63, 3.8) is 0 Å². The molecule has 160 valence electrons. The van der Waals surface area contributed by atoms with E-state index in [-0.39, 0.29) is 0 Å². The third kappa shape index (κ3) is 2.02. The van der Waals surface area contributed by atoms with Crippen LogP contribution in [-0.2, 0) is 0 Å². The van der Waals surface area contributed by atoms with Crippen molar-refractivity contribution >= 4 is 75.4 Å². The molecular formula is C34H24. The molecule has 34 heavy (non-hydrogen) atoms. The number of benzene rings is 8. The van der Waals surface area contributed by atoms with Crippen LogP contribution >= 0.6 is 0 Å². The summed E-state index contributed by atoms with van der Waals surface area (Å²) in [4.78, 5) is 0. The van der Waals surface area contributed by atoms with Crippen LogP contribution in [0.15, 0.2) is 72.8 Å². The van der Waals surface area contributed by atoms with Gasteiger partial charge in [0.05, 0.1) is 0 Å². The average molecular weight is 433 g/mol. The van der Waals surface area contributed by atoms with Gasteiger partial charge in [-0.25, -0.2) is 0 Å². The van der Waals surface area contributed by atoms with Crippen LogP contribution in [0.3, 0.4) is 0 Å². The maximum atomic E-state index is 2.47. The second kappa shape index (κ2) is 5.96. The van der Waals surface area contributed by atoms with Crippen LogP contribution in [0.2, 0.25) is 0 Å². The van der Waals surface area contributed by atoms with Gasteiger partial charge in [-0.05, 0) is 132 Å². The van der Waals surface area contributed by atoms with Crippen molar-refractivity contribution < 1.29 is 0 Å². The zero-order chi connectivity index (χ0) is 22.9. The normalized spacial score (nSPS) is 12.7. The largest absolute Gasteiger partial charge is 0.0614 e. The molecule has 0 radical (unpaired) electrons. The zero-order valence-electron chi connectivity index (χ0n) is 19.9. The first-order chi connectivity index (χ1) is 16.5. The molecule has 0 nitrogen and oxygen atoms in total. The van der Waals surface area contributed by atoms with Gasteiger partial charge >= 0.3 is 0 Å². The first-order valence-corrected chi connectivity index (χ1v) is 12.2. The molecule has 0 saturated carbocycles. The highest BCUT2D eigenvalue weighted by Crippen LogP contribution is 2.48. The van der Waals surface area contributed by atoms with E-state index in [2.05, 4.69) is 100 Å². The summed E-state index contributed by atoms with van der Waals surface area (Å²) >= 11 is 0. The molecule has 0 heteroatoms. The summed E-state index contributed by atoms with van der Waals surface area (Å²) in [6, 6.07) is 28.0. The van der Waals surface area contributed by atoms with Crippen LogP contribution in [0.4, 0.5) is 0 Å². The maximum Gasteiger partial charge on any atom is -0.00138 e. The molecule has 0 saturated heterocycles. The van der Waals surface area contributed by atoms with E-state index in [1.807, 2.05) is 0 Å². The van der Waals surface area contributed by atoms with Gasteiger partial charge in [-0.2, -0.15) is 0 Å². The molecule has 0 unspecified atom stereocenters. The van der Waals surface area contributed by atoms with Crippen molar-refractivity contribution in [2.24, 2.45) is 0 Å². The average Bonchev–Trinajstić information content (AvgIpc) is 2.84. The summed E-state index contributed by atoms with van der Waals surface area (Å²) in [6.07, 6.45) is 0. The predicted octanol–water partition coefficient (Wildman–Crippen LogP) is 9.87. The Kier molecular flexibility index (Phi) is 3.25. The highest BCUT2D eigenvalue weighted by molar-refractivity contribution is 6.41. The van der Waals surface area contributed by atoms with Crippen molar-refractivity contribution in [3.05, 3.63) is 95.1 Å². The fourth-order valence-electron chi connectivity index (χ4n) is 6.90. The van der Waals surface area contributed by atoms with E-state index < -0.39 is 0 Å². The third-order valence-electron chi connectivity index (χ3n) is 8.49. The number of hydrogen-bond donors (Lipinski definition) is 0. The molecule has 8 rings (SSSR count). The van der Waals surface area contributed by atoms with Crippen molar-refractivity contribution in [2.75, 3.05) is 0 Å². The van der Waals surface area contributed by atoms with Crippen molar-refractivity contribution in [3.8, 4) is 0 Å². The minimum absolute atomic E-state index is 1.32. The van der Waals surface area contributed by atoms with Crippen molar-refractivity contribution in [2.45, 2.75) is 27.7 Å². The lowest BCUT2D eigenvalue weighted by atomic mass is 9.81. The molecule has 0 spiro atoms. The Morgan fingerprint density at radius 2 is 0.971 bits per heavy atom. The van der Waals surface area contributed by atoms with E-state index in [4.69, 9.17) is 0 Å². The van der Waals surface area contributed by atoms with Crippen LogP contribution in [0.1, 0.15) is 22.3 Å². The molecule has 0 bridgehead atoms. The zero-order valence-corrected chi connectivity index (χ0v) is 19.9. The summed E-state index contributed by atoms with van der Waals surface area (Å²) in [6.45, 7) is 9.04. The topological polar surface area (TPSA) is 0 Å². The van der Waals surface area contributed by atoms with Crippen molar-refractivity contribution in [1.29, 1.82) is 0 Å². The lowest BCUT2D eigenvalue weighted by Gasteiger charge is -2.22. The number of aryl methyl sites for hydroxylation is 4. The summed E-state index contributed by atoms with van der Waals surface area (Å²) < 4.78 is 0. The lowest BCUT2D eigenvalue weighted by Crippen LogP contribution is -1.95. The molecular weight excluding hydrogens is 408 g/mol. The van der Waals surface area contributed by atoms with Gasteiger partial charge in [0.1, 0.15) is 0 Å². The Hall–Kier alpha value is -3.90. The van der Waals surface area contributed by atoms with E-state index in [1.165, 1.54) is 97.7 Å². The molecule has 0 heterocycles. The minimum Gasteiger partial charge on any atom is -0.0614 e. The van der Waals surface area contributed by atoms with Gasteiger partial charge in [0.15, 0.2) is 0 Å². The molecule has 0 aromatic heterocycles. The van der Waals surface area contributed by atoms with E-state index >= 15 is 0 Å². The van der Waals surface area contributed by atoms with Crippen LogP contribution in [0, 0.1) is 27.7 Å². The molecule has 8 aromatic rings. The Labute approximate surface area is 198 Å². The first kappa shape index (κ1) is 18.5. The second-order valence-electron chi connectivity index (χ2n) is 10.3. The Morgan fingerprint density at radius 1 is 0.382 bits per heavy atom. The van der Waals surface area contributed by atoms with Crippen molar-refractivity contribution in [1.82, 2.24) is 0 Å². The summed E-state index contributed by atoms with van der Waals surface area (Å²) in [5.41, 5.74) is 5.45. The molecule has 0 aliphatic heterocycles. The minimum atomic E-state index is 1.32. The van der Waals surface area contributed by atoms with E-state index in [9.17, 15) is 0 Å². The number of rotatable bonds is 0. The molecule has 8 aromatic carbocycles. The second-order valence-corrected chi connectivity index (χ2v) is 10.3. The van der Waals surface area contributed by atoms with Crippen LogP contribution in [0.25, 0.3) is 75.4 Å². The van der Waals surface area contributed by atoms with E-state index in [0.717, 1.165) is 0 Å². The summed E-state index contributed by atoms with van der Waals surface area (Å²) in [5, 5.41) is 19.5. The Balaban J connectivity index is 1.77. The van der Waals surface area contributed by atoms with Gasteiger partial charge in [0.25, 0.3) is 0 Å². The Bertz CT molecular complexity index is 2140. The standard InChI is InChI=1S/C34H24/c1-17-8-11-23-19(3)25-12-10-22-16-29-30-18(2)6-5-7-24(30)20(4)26-13-9-21-15-28(27(23)14-17)33(25)31(22)32(21)34(26)29/h5-16H,1-4H3. The Morgan fingerprint density at radius 3 is 1.71 bits per heavy atom. The van der Waals surface area contributed by atoms with E-state index in [0.29, 0.717) is 0 Å². The third-order valence-corrected chi connectivity index (χ3v) is 8.49. The highest BCUT2D eigenvalue weighted by Gasteiger charge is 2.21. The van der Waals surface area contributed by atoms with Gasteiger partial charge in [0, 0.05) is 0 Å². The first-order valence-electron chi connectivity index (χ1n) is 12.2. The predicted molar refractivity (Wildman–Crippen MR) is 150 cm³/mol. The van der Waals surface area contributed by atoms with Gasteiger partial charge in [0.2, 0.25) is 0 Å². The summed E-state index contributed by atoms with van der Waals surface area (Å²) in [5.74, 6) is 0. The quantitative estimate of drug-likeness (QED) is 0.165. The fraction of sp³-hybridized carbons (Fsp3) is 0.118. The van der Waals surface area contributed by atoms with Gasteiger partial charge in [-0.1, -0.05) is 66.2 Å².